The van der Waals surface area contributed by atoms with Gasteiger partial charge < -0.3 is 9.47 Å². The van der Waals surface area contributed by atoms with Crippen molar-refractivity contribution in [1.82, 2.24) is 9.88 Å². The Balaban J connectivity index is 1.67. The number of carbonyl (C=O) groups excluding carboxylic acids is 1. The normalized spacial score (nSPS) is 16.1. The molecule has 1 aromatic heterocycles. The highest BCUT2D eigenvalue weighted by Crippen LogP contribution is 2.11. The molecule has 0 atom stereocenters. The molecule has 7 heteroatoms. The van der Waals surface area contributed by atoms with Gasteiger partial charge in [-0.25, -0.2) is 9.78 Å². The number of nitrogens with one attached hydrogen (secondary N) is 1. The van der Waals surface area contributed by atoms with E-state index in [4.69, 9.17) is 21.1 Å². The minimum atomic E-state index is -0.490. The number of amides is 1. The third-order valence-electron chi connectivity index (χ3n) is 2.72. The van der Waals surface area contributed by atoms with E-state index in [0.29, 0.717) is 24.0 Å². The first-order chi connectivity index (χ1) is 9.24. The van der Waals surface area contributed by atoms with Gasteiger partial charge in [0.25, 0.3) is 0 Å². The topological polar surface area (TPSA) is 63.7 Å². The Morgan fingerprint density at radius 1 is 1.53 bits per heavy atom. The fraction of sp³-hybridized carbons (Fsp3) is 0.500. The number of anilines is 1. The molecule has 19 heavy (non-hydrogen) atoms. The van der Waals surface area contributed by atoms with Crippen LogP contribution in [0.2, 0.25) is 5.15 Å². The molecule has 0 saturated carbocycles. The Morgan fingerprint density at radius 2 is 2.32 bits per heavy atom. The maximum Gasteiger partial charge on any atom is 0.411 e. The van der Waals surface area contributed by atoms with Crippen LogP contribution in [0.3, 0.4) is 0 Å². The van der Waals surface area contributed by atoms with Crippen molar-refractivity contribution in [2.24, 2.45) is 0 Å². The van der Waals surface area contributed by atoms with Crippen LogP contribution in [0.25, 0.3) is 0 Å². The molecule has 1 aromatic rings. The van der Waals surface area contributed by atoms with Crippen LogP contribution in [0.4, 0.5) is 10.5 Å². The summed E-state index contributed by atoms with van der Waals surface area (Å²) in [7, 11) is 0. The predicted molar refractivity (Wildman–Crippen MR) is 71.5 cm³/mol. The van der Waals surface area contributed by atoms with Crippen LogP contribution in [0.5, 0.6) is 0 Å². The van der Waals surface area contributed by atoms with Crippen LogP contribution in [0, 0.1) is 0 Å². The minimum absolute atomic E-state index is 0.325. The van der Waals surface area contributed by atoms with Gasteiger partial charge >= 0.3 is 6.09 Å². The van der Waals surface area contributed by atoms with E-state index in [0.717, 1.165) is 26.3 Å². The van der Waals surface area contributed by atoms with Crippen LogP contribution in [0.15, 0.2) is 18.3 Å². The van der Waals surface area contributed by atoms with Crippen LogP contribution in [-0.4, -0.2) is 55.4 Å². The van der Waals surface area contributed by atoms with Crippen molar-refractivity contribution in [2.45, 2.75) is 0 Å². The van der Waals surface area contributed by atoms with Gasteiger partial charge in [0.15, 0.2) is 0 Å². The van der Waals surface area contributed by atoms with Crippen molar-refractivity contribution in [2.75, 3.05) is 44.8 Å². The average Bonchev–Trinajstić information content (AvgIpc) is 2.40. The van der Waals surface area contributed by atoms with E-state index in [2.05, 4.69) is 15.2 Å². The maximum absolute atomic E-state index is 11.5. The van der Waals surface area contributed by atoms with Crippen LogP contribution in [0.1, 0.15) is 0 Å². The third-order valence-corrected chi connectivity index (χ3v) is 2.92. The van der Waals surface area contributed by atoms with E-state index < -0.39 is 6.09 Å². The van der Waals surface area contributed by atoms with Crippen LogP contribution >= 0.6 is 11.6 Å². The summed E-state index contributed by atoms with van der Waals surface area (Å²) in [6.07, 6.45) is 1.03. The van der Waals surface area contributed by atoms with Gasteiger partial charge in [-0.15, -0.1) is 0 Å². The molecule has 1 fully saturated rings. The first kappa shape index (κ1) is 14.0. The third kappa shape index (κ3) is 5.02. The number of rotatable bonds is 4. The zero-order valence-corrected chi connectivity index (χ0v) is 11.2. The molecule has 0 aliphatic carbocycles. The van der Waals surface area contributed by atoms with Gasteiger partial charge in [-0.2, -0.15) is 0 Å². The molecule has 0 unspecified atom stereocenters. The molecular formula is C12H16ClN3O3. The van der Waals surface area contributed by atoms with E-state index in [1.807, 2.05) is 0 Å². The Hall–Kier alpha value is -1.37. The van der Waals surface area contributed by atoms with Crippen molar-refractivity contribution in [3.05, 3.63) is 23.5 Å². The second kappa shape index (κ2) is 7.28. The fourth-order valence-corrected chi connectivity index (χ4v) is 1.90. The van der Waals surface area contributed by atoms with E-state index in [-0.39, 0.29) is 0 Å². The molecule has 2 rings (SSSR count). The molecule has 1 amide bonds. The van der Waals surface area contributed by atoms with Crippen LogP contribution in [-0.2, 0) is 9.47 Å². The van der Waals surface area contributed by atoms with Gasteiger partial charge in [-0.3, -0.25) is 10.2 Å². The first-order valence-corrected chi connectivity index (χ1v) is 6.47. The molecule has 104 valence electrons. The van der Waals surface area contributed by atoms with Gasteiger partial charge in [0, 0.05) is 31.5 Å². The molecule has 0 spiro atoms. The number of morpholine rings is 1. The highest BCUT2D eigenvalue weighted by molar-refractivity contribution is 6.29. The molecule has 0 aromatic carbocycles. The van der Waals surface area contributed by atoms with Crippen molar-refractivity contribution in [3.8, 4) is 0 Å². The monoisotopic (exact) mass is 285 g/mol. The SMILES string of the molecule is O=C(Nc1ccnc(Cl)c1)OCCN1CCOCC1. The molecule has 0 bridgehead atoms. The van der Waals surface area contributed by atoms with Crippen molar-refractivity contribution < 1.29 is 14.3 Å². The number of ether oxygens (including phenoxy) is 2. The molecule has 1 aliphatic heterocycles. The Morgan fingerprint density at radius 3 is 3.05 bits per heavy atom. The molecular weight excluding hydrogens is 270 g/mol. The van der Waals surface area contributed by atoms with E-state index in [1.165, 1.54) is 6.20 Å². The van der Waals surface area contributed by atoms with Gasteiger partial charge in [0.2, 0.25) is 0 Å². The second-order valence-electron chi connectivity index (χ2n) is 4.08. The summed E-state index contributed by atoms with van der Waals surface area (Å²) in [5.74, 6) is 0. The quantitative estimate of drug-likeness (QED) is 0.852. The van der Waals surface area contributed by atoms with Gasteiger partial charge in [-0.1, -0.05) is 11.6 Å². The standard InChI is InChI=1S/C12H16ClN3O3/c13-11-9-10(1-2-14-11)15-12(17)19-8-5-16-3-6-18-7-4-16/h1-2,9H,3-8H2,(H,14,15,17). The molecule has 1 aliphatic rings. The summed E-state index contributed by atoms with van der Waals surface area (Å²) in [4.78, 5) is 17.5. The van der Waals surface area contributed by atoms with E-state index >= 15 is 0 Å². The van der Waals surface area contributed by atoms with E-state index in [1.54, 1.807) is 12.1 Å². The molecule has 2 heterocycles. The maximum atomic E-state index is 11.5. The Kier molecular flexibility index (Phi) is 5.38. The number of pyridine rings is 1. The summed E-state index contributed by atoms with van der Waals surface area (Å²) < 4.78 is 10.3. The average molecular weight is 286 g/mol. The number of halogens is 1. The fourth-order valence-electron chi connectivity index (χ4n) is 1.73. The summed E-state index contributed by atoms with van der Waals surface area (Å²) >= 11 is 5.71. The predicted octanol–water partition coefficient (Wildman–Crippen LogP) is 1.62. The number of hydrogen-bond donors (Lipinski definition) is 1. The second-order valence-corrected chi connectivity index (χ2v) is 4.47. The smallest absolute Gasteiger partial charge is 0.411 e. The highest BCUT2D eigenvalue weighted by Gasteiger charge is 2.11. The van der Waals surface area contributed by atoms with Crippen molar-refractivity contribution >= 4 is 23.4 Å². The summed E-state index contributed by atoms with van der Waals surface area (Å²) in [5, 5.41) is 2.92. The number of nitrogens with zero attached hydrogens (tertiary/aromatic N) is 2. The molecule has 6 nitrogen and oxygen atoms in total. The largest absolute Gasteiger partial charge is 0.448 e. The molecule has 1 N–H and O–H groups in total. The van der Waals surface area contributed by atoms with Gasteiger partial charge in [-0.05, 0) is 12.1 Å². The van der Waals surface area contributed by atoms with Crippen LogP contribution < -0.4 is 5.32 Å². The lowest BCUT2D eigenvalue weighted by molar-refractivity contribution is 0.0290. The van der Waals surface area contributed by atoms with Gasteiger partial charge in [0.05, 0.1) is 13.2 Å². The summed E-state index contributed by atoms with van der Waals surface area (Å²) in [5.41, 5.74) is 0.566. The minimum Gasteiger partial charge on any atom is -0.448 e. The Bertz CT molecular complexity index is 424. The highest BCUT2D eigenvalue weighted by atomic mass is 35.5. The number of carbonyl (C=O) groups is 1. The first-order valence-electron chi connectivity index (χ1n) is 6.09. The van der Waals surface area contributed by atoms with E-state index in [9.17, 15) is 4.79 Å². The summed E-state index contributed by atoms with van der Waals surface area (Å²) in [6.45, 7) is 4.30. The Labute approximate surface area is 116 Å². The molecule has 0 radical (unpaired) electrons. The lowest BCUT2D eigenvalue weighted by Crippen LogP contribution is -2.38. The summed E-state index contributed by atoms with van der Waals surface area (Å²) in [6, 6.07) is 3.21. The van der Waals surface area contributed by atoms with Gasteiger partial charge in [0.1, 0.15) is 11.8 Å². The van der Waals surface area contributed by atoms with Crippen molar-refractivity contribution in [1.29, 1.82) is 0 Å². The van der Waals surface area contributed by atoms with Crippen molar-refractivity contribution in [3.63, 3.8) is 0 Å². The zero-order chi connectivity index (χ0) is 13.5. The number of hydrogen-bond acceptors (Lipinski definition) is 5. The lowest BCUT2D eigenvalue weighted by Gasteiger charge is -2.26. The number of aromatic nitrogens is 1. The molecule has 1 saturated heterocycles. The zero-order valence-electron chi connectivity index (χ0n) is 10.5. The lowest BCUT2D eigenvalue weighted by atomic mass is 10.4.